The smallest absolute Gasteiger partial charge is 0.242 e. The van der Waals surface area contributed by atoms with E-state index in [2.05, 4.69) is 34.3 Å². The van der Waals surface area contributed by atoms with Gasteiger partial charge >= 0.3 is 0 Å². The van der Waals surface area contributed by atoms with Gasteiger partial charge in [0.05, 0.1) is 5.69 Å². The molecule has 2 rings (SSSR count). The molecule has 6 heteroatoms. The Morgan fingerprint density at radius 1 is 1.33 bits per heavy atom. The van der Waals surface area contributed by atoms with E-state index in [0.717, 1.165) is 49.3 Å². The van der Waals surface area contributed by atoms with Gasteiger partial charge in [-0.25, -0.2) is 0 Å². The Bertz CT molecular complexity index is 517. The van der Waals surface area contributed by atoms with Crippen molar-refractivity contribution >= 4 is 11.7 Å². The summed E-state index contributed by atoms with van der Waals surface area (Å²) >= 11 is 0. The van der Waals surface area contributed by atoms with Crippen LogP contribution in [-0.2, 0) is 24.2 Å². The van der Waals surface area contributed by atoms with E-state index in [9.17, 15) is 4.79 Å². The SMILES string of the molecule is CCc1nnc(N2CCCC2C(=O)NC)c(CN)c1CC. The van der Waals surface area contributed by atoms with Crippen molar-refractivity contribution in [3.8, 4) is 0 Å². The maximum Gasteiger partial charge on any atom is 0.242 e. The number of aromatic nitrogens is 2. The normalized spacial score (nSPS) is 18.1. The van der Waals surface area contributed by atoms with Crippen LogP contribution in [0.2, 0.25) is 0 Å². The van der Waals surface area contributed by atoms with Crippen LogP contribution in [0.1, 0.15) is 43.5 Å². The summed E-state index contributed by atoms with van der Waals surface area (Å²) in [6, 6.07) is -0.160. The summed E-state index contributed by atoms with van der Waals surface area (Å²) in [5, 5.41) is 11.5. The fourth-order valence-corrected chi connectivity index (χ4v) is 3.14. The molecule has 1 atom stereocenters. The second-order valence-electron chi connectivity index (χ2n) is 5.30. The first-order valence-corrected chi connectivity index (χ1v) is 7.73. The Labute approximate surface area is 126 Å². The average Bonchev–Trinajstić information content (AvgIpc) is 3.01. The monoisotopic (exact) mass is 291 g/mol. The third-order valence-electron chi connectivity index (χ3n) is 4.21. The summed E-state index contributed by atoms with van der Waals surface area (Å²) in [4.78, 5) is 14.1. The van der Waals surface area contributed by atoms with Crippen LogP contribution in [0.3, 0.4) is 0 Å². The van der Waals surface area contributed by atoms with Gasteiger partial charge in [-0.15, -0.1) is 5.10 Å². The first-order valence-electron chi connectivity index (χ1n) is 7.73. The van der Waals surface area contributed by atoms with Crippen molar-refractivity contribution in [2.24, 2.45) is 5.73 Å². The molecule has 1 aliphatic heterocycles. The molecule has 21 heavy (non-hydrogen) atoms. The third kappa shape index (κ3) is 2.85. The Morgan fingerprint density at radius 3 is 2.67 bits per heavy atom. The summed E-state index contributed by atoms with van der Waals surface area (Å²) in [5.74, 6) is 0.826. The first kappa shape index (κ1) is 15.7. The second kappa shape index (κ2) is 6.85. The number of likely N-dealkylation sites (N-methyl/N-ethyl adjacent to an activating group) is 1. The zero-order chi connectivity index (χ0) is 15.4. The van der Waals surface area contributed by atoms with E-state index in [1.807, 2.05) is 0 Å². The van der Waals surface area contributed by atoms with E-state index >= 15 is 0 Å². The van der Waals surface area contributed by atoms with Gasteiger partial charge in [-0.3, -0.25) is 4.79 Å². The van der Waals surface area contributed by atoms with Crippen LogP contribution < -0.4 is 16.0 Å². The van der Waals surface area contributed by atoms with E-state index in [4.69, 9.17) is 5.73 Å². The Morgan fingerprint density at radius 2 is 2.10 bits per heavy atom. The molecule has 0 spiro atoms. The minimum Gasteiger partial charge on any atom is -0.357 e. The van der Waals surface area contributed by atoms with Gasteiger partial charge in [0, 0.05) is 25.7 Å². The molecule has 1 saturated heterocycles. The lowest BCUT2D eigenvalue weighted by atomic mass is 10.0. The number of carbonyl (C=O) groups is 1. The quantitative estimate of drug-likeness (QED) is 0.837. The van der Waals surface area contributed by atoms with Crippen molar-refractivity contribution in [1.82, 2.24) is 15.5 Å². The predicted molar refractivity (Wildman–Crippen MR) is 83.1 cm³/mol. The van der Waals surface area contributed by atoms with E-state index in [-0.39, 0.29) is 11.9 Å². The number of amides is 1. The highest BCUT2D eigenvalue weighted by atomic mass is 16.2. The Balaban J connectivity index is 2.45. The Hall–Kier alpha value is -1.69. The third-order valence-corrected chi connectivity index (χ3v) is 4.21. The fraction of sp³-hybridized carbons (Fsp3) is 0.667. The average molecular weight is 291 g/mol. The van der Waals surface area contributed by atoms with Crippen molar-refractivity contribution in [3.05, 3.63) is 16.8 Å². The molecule has 2 heterocycles. The number of nitrogens with one attached hydrogen (secondary N) is 1. The van der Waals surface area contributed by atoms with Crippen molar-refractivity contribution in [2.45, 2.75) is 52.1 Å². The minimum absolute atomic E-state index is 0.0369. The highest BCUT2D eigenvalue weighted by Crippen LogP contribution is 2.29. The topological polar surface area (TPSA) is 84.1 Å². The molecule has 1 aromatic rings. The molecule has 116 valence electrons. The van der Waals surface area contributed by atoms with Gasteiger partial charge in [0.2, 0.25) is 5.91 Å². The molecule has 1 unspecified atom stereocenters. The number of anilines is 1. The van der Waals surface area contributed by atoms with Crippen LogP contribution in [0, 0.1) is 0 Å². The fourth-order valence-electron chi connectivity index (χ4n) is 3.14. The number of aryl methyl sites for hydroxylation is 1. The van der Waals surface area contributed by atoms with Crippen molar-refractivity contribution in [1.29, 1.82) is 0 Å². The molecule has 0 saturated carbocycles. The van der Waals surface area contributed by atoms with Crippen LogP contribution in [0.15, 0.2) is 0 Å². The van der Waals surface area contributed by atoms with Crippen LogP contribution >= 0.6 is 0 Å². The molecule has 1 aromatic heterocycles. The number of rotatable bonds is 5. The van der Waals surface area contributed by atoms with Gasteiger partial charge in [-0.2, -0.15) is 5.10 Å². The van der Waals surface area contributed by atoms with Gasteiger partial charge < -0.3 is 16.0 Å². The lowest BCUT2D eigenvalue weighted by Gasteiger charge is -2.27. The standard InChI is InChI=1S/C15H25N5O/c1-4-10-11(9-16)14(19-18-12(10)5-2)20-8-6-7-13(20)15(21)17-3/h13H,4-9,16H2,1-3H3,(H,17,21). The lowest BCUT2D eigenvalue weighted by molar-refractivity contribution is -0.121. The largest absolute Gasteiger partial charge is 0.357 e. The zero-order valence-electron chi connectivity index (χ0n) is 13.1. The molecular formula is C15H25N5O. The summed E-state index contributed by atoms with van der Waals surface area (Å²) < 4.78 is 0. The maximum absolute atomic E-state index is 12.0. The molecule has 0 aliphatic carbocycles. The van der Waals surface area contributed by atoms with E-state index in [1.165, 1.54) is 5.56 Å². The maximum atomic E-state index is 12.0. The Kier molecular flexibility index (Phi) is 5.12. The molecule has 1 amide bonds. The molecule has 0 bridgehead atoms. The number of carbonyl (C=O) groups excluding carboxylic acids is 1. The van der Waals surface area contributed by atoms with Gasteiger partial charge in [-0.1, -0.05) is 13.8 Å². The van der Waals surface area contributed by atoms with Crippen molar-refractivity contribution in [3.63, 3.8) is 0 Å². The second-order valence-corrected chi connectivity index (χ2v) is 5.30. The van der Waals surface area contributed by atoms with Crippen molar-refractivity contribution in [2.75, 3.05) is 18.5 Å². The molecule has 6 nitrogen and oxygen atoms in total. The highest BCUT2D eigenvalue weighted by molar-refractivity contribution is 5.85. The molecule has 3 N–H and O–H groups in total. The summed E-state index contributed by atoms with van der Waals surface area (Å²) in [5.41, 5.74) is 9.22. The van der Waals surface area contributed by atoms with Gasteiger partial charge in [0.1, 0.15) is 6.04 Å². The first-order chi connectivity index (χ1) is 10.2. The van der Waals surface area contributed by atoms with Gasteiger partial charge in [0.25, 0.3) is 0 Å². The zero-order valence-corrected chi connectivity index (χ0v) is 13.1. The number of hydrogen-bond acceptors (Lipinski definition) is 5. The molecule has 1 fully saturated rings. The number of nitrogens with two attached hydrogens (primary N) is 1. The highest BCUT2D eigenvalue weighted by Gasteiger charge is 2.33. The van der Waals surface area contributed by atoms with E-state index < -0.39 is 0 Å². The lowest BCUT2D eigenvalue weighted by Crippen LogP contribution is -2.43. The van der Waals surface area contributed by atoms with Crippen LogP contribution in [0.25, 0.3) is 0 Å². The summed E-state index contributed by atoms with van der Waals surface area (Å²) in [6.07, 6.45) is 3.57. The molecule has 1 aliphatic rings. The van der Waals surface area contributed by atoms with Gasteiger partial charge in [-0.05, 0) is 31.2 Å². The summed E-state index contributed by atoms with van der Waals surface area (Å²) in [7, 11) is 1.67. The van der Waals surface area contributed by atoms with Crippen LogP contribution in [0.5, 0.6) is 0 Å². The van der Waals surface area contributed by atoms with Gasteiger partial charge in [0.15, 0.2) is 5.82 Å². The molecule has 0 aromatic carbocycles. The predicted octanol–water partition coefficient (Wildman–Crippen LogP) is 0.775. The number of nitrogens with zero attached hydrogens (tertiary/aromatic N) is 3. The van der Waals surface area contributed by atoms with E-state index in [1.54, 1.807) is 7.05 Å². The van der Waals surface area contributed by atoms with Crippen LogP contribution in [-0.4, -0.2) is 35.7 Å². The van der Waals surface area contributed by atoms with E-state index in [0.29, 0.717) is 6.54 Å². The minimum atomic E-state index is -0.160. The molecule has 0 radical (unpaired) electrons. The molecular weight excluding hydrogens is 266 g/mol. The number of hydrogen-bond donors (Lipinski definition) is 2. The summed E-state index contributed by atoms with van der Waals surface area (Å²) in [6.45, 7) is 5.44. The van der Waals surface area contributed by atoms with Crippen molar-refractivity contribution < 1.29 is 4.79 Å². The van der Waals surface area contributed by atoms with Crippen LogP contribution in [0.4, 0.5) is 5.82 Å².